The number of benzene rings is 1. The van der Waals surface area contributed by atoms with Gasteiger partial charge in [-0.15, -0.1) is 11.3 Å². The minimum Gasteiger partial charge on any atom is -0.322 e. The Morgan fingerprint density at radius 2 is 2.18 bits per heavy atom. The van der Waals surface area contributed by atoms with Gasteiger partial charge in [-0.1, -0.05) is 23.9 Å². The van der Waals surface area contributed by atoms with Gasteiger partial charge in [0.2, 0.25) is 0 Å². The summed E-state index contributed by atoms with van der Waals surface area (Å²) in [5.74, 6) is -2.53. The van der Waals surface area contributed by atoms with Crippen LogP contribution in [0.4, 0.5) is 19.3 Å². The van der Waals surface area contributed by atoms with Crippen molar-refractivity contribution in [1.29, 1.82) is 0 Å². The normalized spacial score (nSPS) is 10.8. The highest BCUT2D eigenvalue weighted by molar-refractivity contribution is 7.99. The molecule has 2 aromatic rings. The van der Waals surface area contributed by atoms with Crippen LogP contribution >= 0.6 is 23.1 Å². The van der Waals surface area contributed by atoms with Crippen LogP contribution in [0.2, 0.25) is 0 Å². The molecule has 4 nitrogen and oxygen atoms in total. The average Bonchev–Trinajstić information content (AvgIpc) is 2.85. The van der Waals surface area contributed by atoms with Crippen molar-refractivity contribution in [3.05, 3.63) is 40.3 Å². The van der Waals surface area contributed by atoms with E-state index in [4.69, 9.17) is 0 Å². The molecule has 118 valence electrons. The molecule has 0 saturated carbocycles. The van der Waals surface area contributed by atoms with Gasteiger partial charge in [0, 0.05) is 17.3 Å². The molecule has 1 heterocycles. The van der Waals surface area contributed by atoms with Gasteiger partial charge in [0.15, 0.2) is 0 Å². The van der Waals surface area contributed by atoms with Gasteiger partial charge in [-0.2, -0.15) is 8.78 Å². The van der Waals surface area contributed by atoms with Gasteiger partial charge in [0.05, 0.1) is 22.9 Å². The van der Waals surface area contributed by atoms with Gasteiger partial charge in [-0.25, -0.2) is 9.78 Å². The first-order valence-corrected chi connectivity index (χ1v) is 8.18. The monoisotopic (exact) mass is 343 g/mol. The van der Waals surface area contributed by atoms with Crippen molar-refractivity contribution in [3.63, 3.8) is 0 Å². The number of anilines is 1. The lowest BCUT2D eigenvalue weighted by molar-refractivity contribution is 0.220. The standard InChI is InChI=1S/C14H15F2N3OS2/c1-9-17-10(8-21-9)7-19(2)14(20)18-11-5-3-4-6-12(11)22-13(15)16/h3-6,8,13H,7H2,1-2H3,(H,18,20). The largest absolute Gasteiger partial charge is 0.322 e. The van der Waals surface area contributed by atoms with E-state index in [2.05, 4.69) is 10.3 Å². The van der Waals surface area contributed by atoms with Crippen LogP contribution in [0.1, 0.15) is 10.7 Å². The van der Waals surface area contributed by atoms with Crippen molar-refractivity contribution in [3.8, 4) is 0 Å². The highest BCUT2D eigenvalue weighted by atomic mass is 32.2. The molecule has 0 radical (unpaired) electrons. The zero-order chi connectivity index (χ0) is 16.1. The van der Waals surface area contributed by atoms with E-state index in [0.717, 1.165) is 10.7 Å². The van der Waals surface area contributed by atoms with Gasteiger partial charge in [0.25, 0.3) is 5.76 Å². The number of hydrogen-bond donors (Lipinski definition) is 1. The van der Waals surface area contributed by atoms with Crippen molar-refractivity contribution in [2.45, 2.75) is 24.1 Å². The number of carbonyl (C=O) groups excluding carboxylic acids is 1. The lowest BCUT2D eigenvalue weighted by atomic mass is 10.3. The third-order valence-electron chi connectivity index (χ3n) is 2.76. The number of halogens is 2. The Morgan fingerprint density at radius 1 is 1.45 bits per heavy atom. The molecule has 1 aromatic heterocycles. The highest BCUT2D eigenvalue weighted by Crippen LogP contribution is 2.31. The fourth-order valence-corrected chi connectivity index (χ4v) is 2.97. The predicted octanol–water partition coefficient (Wildman–Crippen LogP) is 4.43. The zero-order valence-corrected chi connectivity index (χ0v) is 13.7. The summed E-state index contributed by atoms with van der Waals surface area (Å²) in [7, 11) is 1.63. The molecule has 22 heavy (non-hydrogen) atoms. The maximum Gasteiger partial charge on any atom is 0.321 e. The van der Waals surface area contributed by atoms with Crippen molar-refractivity contribution >= 4 is 34.8 Å². The third-order valence-corrected chi connectivity index (χ3v) is 4.37. The quantitative estimate of drug-likeness (QED) is 0.817. The molecule has 0 fully saturated rings. The summed E-state index contributed by atoms with van der Waals surface area (Å²) >= 11 is 1.92. The Balaban J connectivity index is 2.02. The second kappa shape index (κ2) is 7.55. The number of carbonyl (C=O) groups is 1. The van der Waals surface area contributed by atoms with Crippen LogP contribution in [0.25, 0.3) is 0 Å². The van der Waals surface area contributed by atoms with Crippen LogP contribution in [0, 0.1) is 6.92 Å². The first kappa shape index (κ1) is 16.7. The number of amides is 2. The van der Waals surface area contributed by atoms with Gasteiger partial charge < -0.3 is 10.2 Å². The predicted molar refractivity (Wildman–Crippen MR) is 85.6 cm³/mol. The molecule has 2 rings (SSSR count). The molecule has 0 bridgehead atoms. The molecule has 1 N–H and O–H groups in total. The molecule has 0 unspecified atom stereocenters. The maximum atomic E-state index is 12.5. The molecule has 0 aliphatic heterocycles. The van der Waals surface area contributed by atoms with Gasteiger partial charge in [-0.3, -0.25) is 0 Å². The lowest BCUT2D eigenvalue weighted by Gasteiger charge is -2.18. The van der Waals surface area contributed by atoms with E-state index in [1.165, 1.54) is 16.2 Å². The van der Waals surface area contributed by atoms with Crippen LogP contribution in [-0.2, 0) is 6.54 Å². The van der Waals surface area contributed by atoms with Crippen molar-refractivity contribution in [2.75, 3.05) is 12.4 Å². The van der Waals surface area contributed by atoms with E-state index in [0.29, 0.717) is 28.9 Å². The summed E-state index contributed by atoms with van der Waals surface area (Å²) in [6.45, 7) is 2.26. The maximum absolute atomic E-state index is 12.5. The fourth-order valence-electron chi connectivity index (χ4n) is 1.77. The molecule has 0 aliphatic carbocycles. The topological polar surface area (TPSA) is 45.2 Å². The number of thioether (sulfide) groups is 1. The number of para-hydroxylation sites is 1. The highest BCUT2D eigenvalue weighted by Gasteiger charge is 2.15. The van der Waals surface area contributed by atoms with E-state index in [1.54, 1.807) is 31.3 Å². The first-order valence-electron chi connectivity index (χ1n) is 6.42. The second-order valence-electron chi connectivity index (χ2n) is 4.52. The summed E-state index contributed by atoms with van der Waals surface area (Å²) in [6, 6.07) is 6.13. The molecular formula is C14H15F2N3OS2. The zero-order valence-electron chi connectivity index (χ0n) is 12.0. The van der Waals surface area contributed by atoms with E-state index < -0.39 is 5.76 Å². The summed E-state index contributed by atoms with van der Waals surface area (Å²) in [6.07, 6.45) is 0. The van der Waals surface area contributed by atoms with Crippen molar-refractivity contribution in [1.82, 2.24) is 9.88 Å². The SMILES string of the molecule is Cc1nc(CN(C)C(=O)Nc2ccccc2SC(F)F)cs1. The van der Waals surface area contributed by atoms with Crippen LogP contribution in [0.5, 0.6) is 0 Å². The number of rotatable bonds is 5. The van der Waals surface area contributed by atoms with Gasteiger partial charge >= 0.3 is 6.03 Å². The minimum atomic E-state index is -2.53. The van der Waals surface area contributed by atoms with Crippen LogP contribution in [0.3, 0.4) is 0 Å². The first-order chi connectivity index (χ1) is 10.5. The average molecular weight is 343 g/mol. The molecule has 0 spiro atoms. The Bertz CT molecular complexity index is 649. The van der Waals surface area contributed by atoms with E-state index in [1.807, 2.05) is 12.3 Å². The van der Waals surface area contributed by atoms with Gasteiger partial charge in [-0.05, 0) is 19.1 Å². The number of aryl methyl sites for hydroxylation is 1. The number of alkyl halides is 2. The number of thiazole rings is 1. The summed E-state index contributed by atoms with van der Waals surface area (Å²) in [4.78, 5) is 18.2. The van der Waals surface area contributed by atoms with E-state index in [9.17, 15) is 13.6 Å². The van der Waals surface area contributed by atoms with Crippen LogP contribution in [0.15, 0.2) is 34.5 Å². The Labute approximate surface area is 135 Å². The molecule has 8 heteroatoms. The number of urea groups is 1. The lowest BCUT2D eigenvalue weighted by Crippen LogP contribution is -2.31. The Hall–Kier alpha value is -1.67. The summed E-state index contributed by atoms with van der Waals surface area (Å²) < 4.78 is 25.0. The number of aromatic nitrogens is 1. The van der Waals surface area contributed by atoms with Crippen LogP contribution < -0.4 is 5.32 Å². The summed E-state index contributed by atoms with van der Waals surface area (Å²) in [5.41, 5.74) is 1.18. The molecule has 0 aliphatic rings. The van der Waals surface area contributed by atoms with E-state index in [-0.39, 0.29) is 6.03 Å². The van der Waals surface area contributed by atoms with Crippen LogP contribution in [-0.4, -0.2) is 28.7 Å². The Kier molecular flexibility index (Phi) is 5.73. The van der Waals surface area contributed by atoms with Crippen molar-refractivity contribution in [2.24, 2.45) is 0 Å². The second-order valence-corrected chi connectivity index (χ2v) is 6.61. The summed E-state index contributed by atoms with van der Waals surface area (Å²) in [5, 5.41) is 5.47. The molecule has 0 saturated heterocycles. The molecule has 2 amide bonds. The minimum absolute atomic E-state index is 0.337. The smallest absolute Gasteiger partial charge is 0.321 e. The fraction of sp³-hybridized carbons (Fsp3) is 0.286. The molecule has 1 aromatic carbocycles. The third kappa shape index (κ3) is 4.67. The van der Waals surface area contributed by atoms with Gasteiger partial charge in [0.1, 0.15) is 0 Å². The number of nitrogens with zero attached hydrogens (tertiary/aromatic N) is 2. The van der Waals surface area contributed by atoms with Crippen molar-refractivity contribution < 1.29 is 13.6 Å². The number of nitrogens with one attached hydrogen (secondary N) is 1. The number of hydrogen-bond acceptors (Lipinski definition) is 4. The Morgan fingerprint density at radius 3 is 2.82 bits per heavy atom. The molecule has 0 atom stereocenters. The molecular weight excluding hydrogens is 328 g/mol. The van der Waals surface area contributed by atoms with E-state index >= 15 is 0 Å².